The van der Waals surface area contributed by atoms with Crippen molar-refractivity contribution in [2.75, 3.05) is 7.11 Å². The molecule has 1 aromatic heterocycles. The fraction of sp³-hybridized carbons (Fsp3) is 0.115. The molecular formula is C26H22N2O4. The van der Waals surface area contributed by atoms with Gasteiger partial charge in [-0.3, -0.25) is 14.6 Å². The fourth-order valence-corrected chi connectivity index (χ4v) is 3.74. The van der Waals surface area contributed by atoms with Crippen molar-refractivity contribution >= 4 is 17.8 Å². The summed E-state index contributed by atoms with van der Waals surface area (Å²) in [7, 11) is 1.55. The van der Waals surface area contributed by atoms with Crippen LogP contribution in [-0.4, -0.2) is 33.8 Å². The second-order valence-corrected chi connectivity index (χ2v) is 7.34. The van der Waals surface area contributed by atoms with E-state index in [4.69, 9.17) is 4.74 Å². The number of nitrogens with zero attached hydrogens (tertiary/aromatic N) is 2. The zero-order chi connectivity index (χ0) is 22.5. The highest BCUT2D eigenvalue weighted by molar-refractivity contribution is 6.14. The molecule has 0 saturated carbocycles. The van der Waals surface area contributed by atoms with Crippen LogP contribution < -0.4 is 4.74 Å². The molecule has 1 aliphatic rings. The third kappa shape index (κ3) is 4.30. The van der Waals surface area contributed by atoms with Gasteiger partial charge in [-0.1, -0.05) is 54.6 Å². The quantitative estimate of drug-likeness (QED) is 0.571. The monoisotopic (exact) mass is 426 g/mol. The molecule has 2 aromatic carbocycles. The molecule has 1 amide bonds. The maximum atomic E-state index is 13.2. The molecule has 0 radical (unpaired) electrons. The number of aliphatic hydroxyl groups excluding tert-OH is 1. The van der Waals surface area contributed by atoms with E-state index in [9.17, 15) is 14.7 Å². The molecule has 3 aromatic rings. The van der Waals surface area contributed by atoms with E-state index in [2.05, 4.69) is 4.98 Å². The number of aliphatic hydroxyl groups is 1. The summed E-state index contributed by atoms with van der Waals surface area (Å²) in [6, 6.07) is 19.4. The standard InChI is InChI=1S/C26H22N2O4/c1-32-21-11-5-10-20(15-21)24-23(22(29)13-12-18-7-3-2-4-8-18)25(30)26(31)28(24)17-19-9-6-14-27-16-19/h2-16,24,30H,17H2,1H3. The minimum atomic E-state index is -0.759. The van der Waals surface area contributed by atoms with Crippen LogP contribution in [0.4, 0.5) is 0 Å². The van der Waals surface area contributed by atoms with Gasteiger partial charge in [-0.2, -0.15) is 0 Å². The summed E-state index contributed by atoms with van der Waals surface area (Å²) >= 11 is 0. The maximum absolute atomic E-state index is 13.2. The molecule has 0 saturated heterocycles. The van der Waals surface area contributed by atoms with Gasteiger partial charge in [0.15, 0.2) is 11.5 Å². The lowest BCUT2D eigenvalue weighted by molar-refractivity contribution is -0.130. The number of carbonyl (C=O) groups is 2. The van der Waals surface area contributed by atoms with E-state index in [0.717, 1.165) is 11.1 Å². The molecule has 0 spiro atoms. The van der Waals surface area contributed by atoms with Gasteiger partial charge in [0.25, 0.3) is 5.91 Å². The van der Waals surface area contributed by atoms with Crippen LogP contribution in [-0.2, 0) is 16.1 Å². The van der Waals surface area contributed by atoms with Crippen LogP contribution in [0.2, 0.25) is 0 Å². The Balaban J connectivity index is 1.74. The molecule has 1 N–H and O–H groups in total. The lowest BCUT2D eigenvalue weighted by Crippen LogP contribution is -2.30. The predicted molar refractivity (Wildman–Crippen MR) is 121 cm³/mol. The highest BCUT2D eigenvalue weighted by atomic mass is 16.5. The van der Waals surface area contributed by atoms with Gasteiger partial charge in [0.2, 0.25) is 0 Å². The van der Waals surface area contributed by atoms with Crippen molar-refractivity contribution in [3.8, 4) is 5.75 Å². The predicted octanol–water partition coefficient (Wildman–Crippen LogP) is 4.27. The molecule has 1 atom stereocenters. The third-order valence-corrected chi connectivity index (χ3v) is 5.28. The molecule has 2 heterocycles. The number of ketones is 1. The number of aromatic nitrogens is 1. The Kier molecular flexibility index (Phi) is 6.12. The number of methoxy groups -OCH3 is 1. The number of amides is 1. The first kappa shape index (κ1) is 21.1. The van der Waals surface area contributed by atoms with Crippen LogP contribution in [0.3, 0.4) is 0 Å². The molecule has 160 valence electrons. The minimum Gasteiger partial charge on any atom is -0.503 e. The number of pyridine rings is 1. The van der Waals surface area contributed by atoms with E-state index in [0.29, 0.717) is 11.3 Å². The SMILES string of the molecule is COc1cccc(C2C(C(=O)C=Cc3ccccc3)=C(O)C(=O)N2Cc2cccnc2)c1. The van der Waals surface area contributed by atoms with Gasteiger partial charge in [-0.15, -0.1) is 0 Å². The van der Waals surface area contributed by atoms with E-state index in [1.807, 2.05) is 42.5 Å². The van der Waals surface area contributed by atoms with Crippen molar-refractivity contribution in [3.63, 3.8) is 0 Å². The molecule has 1 aliphatic heterocycles. The summed E-state index contributed by atoms with van der Waals surface area (Å²) in [5, 5.41) is 10.7. The van der Waals surface area contributed by atoms with Gasteiger partial charge in [-0.25, -0.2) is 0 Å². The number of hydrogen-bond donors (Lipinski definition) is 1. The second kappa shape index (κ2) is 9.31. The van der Waals surface area contributed by atoms with Crippen LogP contribution in [0.15, 0.2) is 96.5 Å². The minimum absolute atomic E-state index is 0.0410. The van der Waals surface area contributed by atoms with Gasteiger partial charge >= 0.3 is 0 Å². The first-order chi connectivity index (χ1) is 15.6. The highest BCUT2D eigenvalue weighted by Crippen LogP contribution is 2.39. The zero-order valence-corrected chi connectivity index (χ0v) is 17.5. The molecule has 32 heavy (non-hydrogen) atoms. The fourth-order valence-electron chi connectivity index (χ4n) is 3.74. The highest BCUT2D eigenvalue weighted by Gasteiger charge is 2.43. The first-order valence-corrected chi connectivity index (χ1v) is 10.1. The van der Waals surface area contributed by atoms with E-state index in [1.165, 1.54) is 11.0 Å². The van der Waals surface area contributed by atoms with Gasteiger partial charge < -0.3 is 14.7 Å². The summed E-state index contributed by atoms with van der Waals surface area (Å²) in [6.07, 6.45) is 6.35. The van der Waals surface area contributed by atoms with Crippen molar-refractivity contribution in [3.05, 3.63) is 113 Å². The average molecular weight is 426 g/mol. The average Bonchev–Trinajstić information content (AvgIpc) is 3.09. The Morgan fingerprint density at radius 2 is 1.94 bits per heavy atom. The lowest BCUT2D eigenvalue weighted by atomic mass is 9.95. The Labute approximate surface area is 186 Å². The Bertz CT molecular complexity index is 1190. The van der Waals surface area contributed by atoms with Crippen LogP contribution >= 0.6 is 0 Å². The Hall–Kier alpha value is -4.19. The number of carbonyl (C=O) groups excluding carboxylic acids is 2. The van der Waals surface area contributed by atoms with Crippen molar-refractivity contribution in [2.45, 2.75) is 12.6 Å². The number of benzene rings is 2. The topological polar surface area (TPSA) is 79.7 Å². The largest absolute Gasteiger partial charge is 0.503 e. The molecule has 4 rings (SSSR count). The van der Waals surface area contributed by atoms with Crippen molar-refractivity contribution in [1.29, 1.82) is 0 Å². The smallest absolute Gasteiger partial charge is 0.290 e. The summed E-state index contributed by atoms with van der Waals surface area (Å²) in [5.41, 5.74) is 2.34. The van der Waals surface area contributed by atoms with Crippen LogP contribution in [0, 0.1) is 0 Å². The zero-order valence-electron chi connectivity index (χ0n) is 17.5. The van der Waals surface area contributed by atoms with Crippen molar-refractivity contribution in [2.24, 2.45) is 0 Å². The van der Waals surface area contributed by atoms with Gasteiger partial charge in [-0.05, 0) is 41.0 Å². The summed E-state index contributed by atoms with van der Waals surface area (Å²) in [5.74, 6) is -0.974. The molecule has 0 bridgehead atoms. The first-order valence-electron chi connectivity index (χ1n) is 10.1. The second-order valence-electron chi connectivity index (χ2n) is 7.34. The van der Waals surface area contributed by atoms with Gasteiger partial charge in [0, 0.05) is 18.9 Å². The molecular weight excluding hydrogens is 404 g/mol. The number of hydrogen-bond acceptors (Lipinski definition) is 5. The normalized spacial score (nSPS) is 16.1. The van der Waals surface area contributed by atoms with E-state index < -0.39 is 23.5 Å². The molecule has 1 unspecified atom stereocenters. The van der Waals surface area contributed by atoms with Crippen LogP contribution in [0.25, 0.3) is 6.08 Å². The summed E-state index contributed by atoms with van der Waals surface area (Å²) in [4.78, 5) is 31.8. The van der Waals surface area contributed by atoms with Gasteiger partial charge in [0.1, 0.15) is 5.75 Å². The molecule has 0 aliphatic carbocycles. The number of rotatable bonds is 7. The third-order valence-electron chi connectivity index (χ3n) is 5.28. The van der Waals surface area contributed by atoms with Gasteiger partial charge in [0.05, 0.1) is 18.7 Å². The Morgan fingerprint density at radius 1 is 1.12 bits per heavy atom. The number of allylic oxidation sites excluding steroid dienone is 1. The van der Waals surface area contributed by atoms with Crippen LogP contribution in [0.5, 0.6) is 5.75 Å². The van der Waals surface area contributed by atoms with E-state index >= 15 is 0 Å². The summed E-state index contributed by atoms with van der Waals surface area (Å²) in [6.45, 7) is 0.192. The van der Waals surface area contributed by atoms with Crippen LogP contribution in [0.1, 0.15) is 22.7 Å². The number of ether oxygens (including phenoxy) is 1. The molecule has 0 fully saturated rings. The molecule has 6 nitrogen and oxygen atoms in total. The molecule has 6 heteroatoms. The maximum Gasteiger partial charge on any atom is 0.290 e. The van der Waals surface area contributed by atoms with E-state index in [-0.39, 0.29) is 12.1 Å². The van der Waals surface area contributed by atoms with E-state index in [1.54, 1.807) is 49.8 Å². The lowest BCUT2D eigenvalue weighted by Gasteiger charge is -2.27. The van der Waals surface area contributed by atoms with Crippen molar-refractivity contribution in [1.82, 2.24) is 9.88 Å². The summed E-state index contributed by atoms with van der Waals surface area (Å²) < 4.78 is 5.33. The van der Waals surface area contributed by atoms with Crippen molar-refractivity contribution < 1.29 is 19.4 Å². The Morgan fingerprint density at radius 3 is 2.66 bits per heavy atom.